The van der Waals surface area contributed by atoms with E-state index in [9.17, 15) is 19.2 Å². The Hall–Kier alpha value is -6.60. The fourth-order valence-electron chi connectivity index (χ4n) is 5.17. The SMILES string of the molecule is CCCCNc1nc(N)c2[nH]c(=O)n(Cc3ccc(C(=O)OCC)o3)c2n1.CCCCNc1nc(N)c2[nH]c(=O)n(Cc3ccc(C(=O)OCC)o3)c2n1. The van der Waals surface area contributed by atoms with E-state index in [4.69, 9.17) is 29.8 Å². The molecule has 20 heteroatoms. The van der Waals surface area contributed by atoms with Crippen LogP contribution in [0.15, 0.2) is 42.7 Å². The largest absolute Gasteiger partial charge is 0.460 e. The molecule has 8 N–H and O–H groups in total. The van der Waals surface area contributed by atoms with Crippen LogP contribution in [0.3, 0.4) is 0 Å². The van der Waals surface area contributed by atoms with Crippen LogP contribution in [0.2, 0.25) is 0 Å². The predicted octanol–water partition coefficient (Wildman–Crippen LogP) is 3.46. The summed E-state index contributed by atoms with van der Waals surface area (Å²) in [5, 5.41) is 6.19. The summed E-state index contributed by atoms with van der Waals surface area (Å²) in [6.45, 7) is 9.67. The fraction of sp³-hybridized carbons (Fsp3) is 0.412. The Bertz CT molecular complexity index is 2170. The van der Waals surface area contributed by atoms with Crippen molar-refractivity contribution in [2.45, 2.75) is 66.5 Å². The summed E-state index contributed by atoms with van der Waals surface area (Å²) >= 11 is 0. The highest BCUT2D eigenvalue weighted by Crippen LogP contribution is 2.20. The lowest BCUT2D eigenvalue weighted by Gasteiger charge is -2.06. The number of aromatic amines is 2. The number of imidazole rings is 2. The lowest BCUT2D eigenvalue weighted by molar-refractivity contribution is 0.0479. The smallest absolute Gasteiger partial charge is 0.374 e. The number of carbonyl (C=O) groups is 2. The van der Waals surface area contributed by atoms with Crippen molar-refractivity contribution in [3.63, 3.8) is 0 Å². The molecule has 0 aliphatic carbocycles. The number of fused-ring (bicyclic) bond motifs is 2. The van der Waals surface area contributed by atoms with E-state index in [0.717, 1.165) is 25.7 Å². The Morgan fingerprint density at radius 1 is 0.685 bits per heavy atom. The van der Waals surface area contributed by atoms with Gasteiger partial charge in [-0.3, -0.25) is 9.13 Å². The summed E-state index contributed by atoms with van der Waals surface area (Å²) in [4.78, 5) is 70.6. The van der Waals surface area contributed by atoms with E-state index in [1.165, 1.54) is 21.3 Å². The van der Waals surface area contributed by atoms with Crippen molar-refractivity contribution in [1.82, 2.24) is 39.0 Å². The second-order valence-electron chi connectivity index (χ2n) is 11.8. The van der Waals surface area contributed by atoms with E-state index in [1.54, 1.807) is 26.0 Å². The average molecular weight is 749 g/mol. The summed E-state index contributed by atoms with van der Waals surface area (Å²) in [5.41, 5.74) is 12.6. The summed E-state index contributed by atoms with van der Waals surface area (Å²) in [7, 11) is 0. The molecule has 0 aromatic carbocycles. The number of aromatic nitrogens is 8. The van der Waals surface area contributed by atoms with Gasteiger partial charge in [0, 0.05) is 13.1 Å². The van der Waals surface area contributed by atoms with Crippen LogP contribution < -0.4 is 33.5 Å². The maximum absolute atomic E-state index is 12.3. The van der Waals surface area contributed by atoms with Gasteiger partial charge < -0.3 is 50.4 Å². The van der Waals surface area contributed by atoms with Gasteiger partial charge in [0.05, 0.1) is 26.3 Å². The highest BCUT2D eigenvalue weighted by atomic mass is 16.5. The summed E-state index contributed by atoms with van der Waals surface area (Å²) < 4.78 is 23.5. The quantitative estimate of drug-likeness (QED) is 0.0610. The van der Waals surface area contributed by atoms with E-state index >= 15 is 0 Å². The van der Waals surface area contributed by atoms with Crippen LogP contribution in [-0.2, 0) is 22.6 Å². The Labute approximate surface area is 307 Å². The van der Waals surface area contributed by atoms with Crippen LogP contribution in [0, 0.1) is 0 Å². The number of esters is 2. The molecule has 6 aromatic heterocycles. The number of hydrogen-bond donors (Lipinski definition) is 6. The van der Waals surface area contributed by atoms with Gasteiger partial charge in [-0.25, -0.2) is 19.2 Å². The van der Waals surface area contributed by atoms with Crippen LogP contribution >= 0.6 is 0 Å². The third-order valence-electron chi connectivity index (χ3n) is 7.83. The molecule has 0 unspecified atom stereocenters. The molecule has 6 aromatic rings. The lowest BCUT2D eigenvalue weighted by Crippen LogP contribution is -2.17. The molecule has 0 atom stereocenters. The van der Waals surface area contributed by atoms with E-state index in [1.807, 2.05) is 0 Å². The third-order valence-corrected chi connectivity index (χ3v) is 7.83. The van der Waals surface area contributed by atoms with Gasteiger partial charge in [-0.05, 0) is 51.0 Å². The van der Waals surface area contributed by atoms with Gasteiger partial charge in [0.15, 0.2) is 22.9 Å². The van der Waals surface area contributed by atoms with Crippen LogP contribution in [0.5, 0.6) is 0 Å². The minimum absolute atomic E-state index is 0.0794. The summed E-state index contributed by atoms with van der Waals surface area (Å²) in [5.74, 6) is 0.959. The molecule has 6 rings (SSSR count). The molecule has 0 radical (unpaired) electrons. The molecule has 0 bridgehead atoms. The Morgan fingerprint density at radius 3 is 1.46 bits per heavy atom. The van der Waals surface area contributed by atoms with Crippen molar-refractivity contribution >= 4 is 57.8 Å². The van der Waals surface area contributed by atoms with Crippen LogP contribution in [-0.4, -0.2) is 77.3 Å². The van der Waals surface area contributed by atoms with Gasteiger partial charge in [-0.1, -0.05) is 26.7 Å². The van der Waals surface area contributed by atoms with Gasteiger partial charge in [-0.2, -0.15) is 19.9 Å². The number of furan rings is 2. The van der Waals surface area contributed by atoms with Gasteiger partial charge in [0.2, 0.25) is 23.4 Å². The molecule has 0 saturated heterocycles. The topological polar surface area (TPSA) is 282 Å². The second kappa shape index (κ2) is 17.8. The zero-order valence-corrected chi connectivity index (χ0v) is 30.5. The summed E-state index contributed by atoms with van der Waals surface area (Å²) in [6.07, 6.45) is 3.98. The minimum Gasteiger partial charge on any atom is -0.460 e. The summed E-state index contributed by atoms with van der Waals surface area (Å²) in [6, 6.07) is 6.24. The van der Waals surface area contributed by atoms with Crippen molar-refractivity contribution in [2.24, 2.45) is 0 Å². The number of nitrogen functional groups attached to an aromatic ring is 2. The lowest BCUT2D eigenvalue weighted by atomic mass is 10.3. The standard InChI is InChI=1S/2C17H22N6O4/c2*1-3-5-8-19-16-21-13(18)12-14(22-16)23(17(25)20-12)9-10-6-7-11(27-10)15(24)26-4-2/h2*6-7H,3-5,8-9H2,1-2H3,(H,20,25)(H3,18,19,21,22). The monoisotopic (exact) mass is 748 g/mol. The number of ether oxygens (including phenoxy) is 2. The van der Waals surface area contributed by atoms with E-state index < -0.39 is 23.3 Å². The van der Waals surface area contributed by atoms with E-state index in [-0.39, 0.29) is 49.5 Å². The Kier molecular flexibility index (Phi) is 12.7. The second-order valence-corrected chi connectivity index (χ2v) is 11.8. The number of unbranched alkanes of at least 4 members (excludes halogenated alkanes) is 2. The Balaban J connectivity index is 0.000000208. The number of nitrogens with one attached hydrogen (secondary N) is 4. The van der Waals surface area contributed by atoms with Crippen LogP contribution in [0.4, 0.5) is 23.5 Å². The van der Waals surface area contributed by atoms with Crippen LogP contribution in [0.25, 0.3) is 22.3 Å². The third kappa shape index (κ3) is 9.06. The minimum atomic E-state index is -0.552. The zero-order valence-electron chi connectivity index (χ0n) is 30.5. The zero-order chi connectivity index (χ0) is 38.8. The maximum atomic E-state index is 12.3. The van der Waals surface area contributed by atoms with Crippen molar-refractivity contribution < 1.29 is 27.9 Å². The maximum Gasteiger partial charge on any atom is 0.374 e. The molecule has 0 spiro atoms. The normalized spacial score (nSPS) is 11.0. The van der Waals surface area contributed by atoms with Crippen molar-refractivity contribution in [3.05, 3.63) is 68.3 Å². The average Bonchev–Trinajstić information content (AvgIpc) is 3.94. The first kappa shape index (κ1) is 38.6. The van der Waals surface area contributed by atoms with Crippen molar-refractivity contribution in [2.75, 3.05) is 48.4 Å². The predicted molar refractivity (Wildman–Crippen MR) is 199 cm³/mol. The molecule has 6 heterocycles. The number of rotatable bonds is 16. The highest BCUT2D eigenvalue weighted by Gasteiger charge is 2.19. The number of nitrogens with zero attached hydrogens (tertiary/aromatic N) is 6. The van der Waals surface area contributed by atoms with E-state index in [2.05, 4.69) is 54.4 Å². The molecule has 0 aliphatic heterocycles. The molecule has 20 nitrogen and oxygen atoms in total. The molecule has 54 heavy (non-hydrogen) atoms. The molecule has 288 valence electrons. The first-order valence-electron chi connectivity index (χ1n) is 17.6. The number of H-pyrrole nitrogens is 2. The fourth-order valence-corrected chi connectivity index (χ4v) is 5.17. The van der Waals surface area contributed by atoms with Gasteiger partial charge in [0.1, 0.15) is 22.6 Å². The van der Waals surface area contributed by atoms with Crippen molar-refractivity contribution in [3.8, 4) is 0 Å². The number of hydrogen-bond acceptors (Lipinski definition) is 16. The molecular formula is C34H44N12O8. The molecule has 0 amide bonds. The molecule has 0 fully saturated rings. The first-order chi connectivity index (χ1) is 26.1. The Morgan fingerprint density at radius 2 is 1.09 bits per heavy atom. The number of carbonyl (C=O) groups excluding carboxylic acids is 2. The van der Waals surface area contributed by atoms with Crippen LogP contribution in [0.1, 0.15) is 86.0 Å². The highest BCUT2D eigenvalue weighted by molar-refractivity contribution is 5.87. The first-order valence-corrected chi connectivity index (χ1v) is 17.6. The molecular weight excluding hydrogens is 704 g/mol. The number of nitrogens with two attached hydrogens (primary N) is 2. The van der Waals surface area contributed by atoms with E-state index in [0.29, 0.717) is 58.8 Å². The molecule has 0 aliphatic rings. The van der Waals surface area contributed by atoms with Gasteiger partial charge in [-0.15, -0.1) is 0 Å². The van der Waals surface area contributed by atoms with Crippen molar-refractivity contribution in [1.29, 1.82) is 0 Å². The number of anilines is 4. The van der Waals surface area contributed by atoms with Gasteiger partial charge in [0.25, 0.3) is 0 Å². The van der Waals surface area contributed by atoms with Gasteiger partial charge >= 0.3 is 23.3 Å². The molecule has 0 saturated carbocycles.